The molecular formula is C8H8FNO2. The monoisotopic (exact) mass is 169 g/mol. The van der Waals surface area contributed by atoms with E-state index in [9.17, 15) is 9.18 Å². The molecule has 1 amide bonds. The maximum absolute atomic E-state index is 12.6. The maximum Gasteiger partial charge on any atom is 0.409 e. The molecule has 3 nitrogen and oxygen atoms in total. The zero-order valence-electron chi connectivity index (χ0n) is 6.47. The van der Waals surface area contributed by atoms with Crippen LogP contribution in [0.2, 0.25) is 0 Å². The number of anilines is 1. The van der Waals surface area contributed by atoms with Gasteiger partial charge in [-0.3, -0.25) is 5.32 Å². The molecule has 64 valence electrons. The molecule has 12 heavy (non-hydrogen) atoms. The summed E-state index contributed by atoms with van der Waals surface area (Å²) in [6.45, 7) is 1.69. The van der Waals surface area contributed by atoms with Crippen LogP contribution in [-0.2, 0) is 0 Å². The molecule has 0 saturated heterocycles. The average molecular weight is 169 g/mol. The highest BCUT2D eigenvalue weighted by molar-refractivity contribution is 5.82. The third-order valence-corrected chi connectivity index (χ3v) is 1.29. The van der Waals surface area contributed by atoms with E-state index < -0.39 is 11.9 Å². The summed E-state index contributed by atoms with van der Waals surface area (Å²) in [7, 11) is 0. The molecule has 2 N–H and O–H groups in total. The van der Waals surface area contributed by atoms with Crippen LogP contribution in [0.15, 0.2) is 18.2 Å². The van der Waals surface area contributed by atoms with Gasteiger partial charge in [0.1, 0.15) is 5.82 Å². The van der Waals surface area contributed by atoms with E-state index in [1.54, 1.807) is 13.0 Å². The Kier molecular flexibility index (Phi) is 2.28. The Morgan fingerprint density at radius 3 is 2.67 bits per heavy atom. The normalized spacial score (nSPS) is 9.50. The van der Waals surface area contributed by atoms with Crippen molar-refractivity contribution in [3.8, 4) is 0 Å². The summed E-state index contributed by atoms with van der Waals surface area (Å²) in [4.78, 5) is 10.2. The predicted molar refractivity (Wildman–Crippen MR) is 42.8 cm³/mol. The Morgan fingerprint density at radius 2 is 2.17 bits per heavy atom. The first-order chi connectivity index (χ1) is 5.58. The zero-order chi connectivity index (χ0) is 9.14. The minimum absolute atomic E-state index is 0.250. The molecule has 1 aromatic rings. The van der Waals surface area contributed by atoms with Gasteiger partial charge in [-0.05, 0) is 30.7 Å². The first-order valence-electron chi connectivity index (χ1n) is 3.35. The van der Waals surface area contributed by atoms with Gasteiger partial charge in [0.2, 0.25) is 0 Å². The summed E-state index contributed by atoms with van der Waals surface area (Å²) in [5, 5.41) is 10.4. The van der Waals surface area contributed by atoms with Crippen molar-refractivity contribution in [1.29, 1.82) is 0 Å². The number of hydrogen-bond acceptors (Lipinski definition) is 1. The van der Waals surface area contributed by atoms with E-state index in [0.29, 0.717) is 5.56 Å². The molecule has 0 saturated carbocycles. The summed E-state index contributed by atoms with van der Waals surface area (Å²) >= 11 is 0. The molecular weight excluding hydrogens is 161 g/mol. The Morgan fingerprint density at radius 1 is 1.50 bits per heavy atom. The lowest BCUT2D eigenvalue weighted by atomic mass is 10.2. The quantitative estimate of drug-likeness (QED) is 0.677. The minimum Gasteiger partial charge on any atom is -0.465 e. The lowest BCUT2D eigenvalue weighted by molar-refractivity contribution is 0.210. The summed E-state index contributed by atoms with van der Waals surface area (Å²) in [6.07, 6.45) is -1.19. The summed E-state index contributed by atoms with van der Waals surface area (Å²) in [5.74, 6) is -0.446. The van der Waals surface area contributed by atoms with E-state index in [1.165, 1.54) is 6.07 Å². The van der Waals surface area contributed by atoms with Crippen LogP contribution < -0.4 is 5.32 Å². The van der Waals surface area contributed by atoms with E-state index in [2.05, 4.69) is 5.32 Å². The van der Waals surface area contributed by atoms with E-state index in [4.69, 9.17) is 5.11 Å². The third-order valence-electron chi connectivity index (χ3n) is 1.29. The number of hydrogen-bond donors (Lipinski definition) is 2. The van der Waals surface area contributed by atoms with Crippen LogP contribution in [0.1, 0.15) is 5.56 Å². The highest BCUT2D eigenvalue weighted by atomic mass is 19.1. The van der Waals surface area contributed by atoms with Crippen LogP contribution in [0.3, 0.4) is 0 Å². The number of amides is 1. The fourth-order valence-electron chi connectivity index (χ4n) is 0.932. The van der Waals surface area contributed by atoms with Gasteiger partial charge >= 0.3 is 6.09 Å². The number of carbonyl (C=O) groups is 1. The number of carboxylic acid groups (broad SMARTS) is 1. The van der Waals surface area contributed by atoms with E-state index in [0.717, 1.165) is 6.07 Å². The van der Waals surface area contributed by atoms with Crippen LogP contribution in [0.25, 0.3) is 0 Å². The SMILES string of the molecule is Cc1cc(F)cc(NC(=O)O)c1. The van der Waals surface area contributed by atoms with E-state index >= 15 is 0 Å². The molecule has 0 aliphatic carbocycles. The van der Waals surface area contributed by atoms with Crippen molar-refractivity contribution in [3.05, 3.63) is 29.6 Å². The van der Waals surface area contributed by atoms with Gasteiger partial charge in [0, 0.05) is 5.69 Å². The summed E-state index contributed by atoms with van der Waals surface area (Å²) in [6, 6.07) is 4.01. The molecule has 1 aromatic carbocycles. The van der Waals surface area contributed by atoms with Crippen LogP contribution in [0.5, 0.6) is 0 Å². The van der Waals surface area contributed by atoms with Crippen molar-refractivity contribution >= 4 is 11.8 Å². The second-order valence-electron chi connectivity index (χ2n) is 2.45. The fourth-order valence-corrected chi connectivity index (χ4v) is 0.932. The average Bonchev–Trinajstić information content (AvgIpc) is 1.81. The van der Waals surface area contributed by atoms with Gasteiger partial charge in [0.15, 0.2) is 0 Å². The standard InChI is InChI=1S/C8H8FNO2/c1-5-2-6(9)4-7(3-5)10-8(11)12/h2-4,10H,1H3,(H,11,12). The molecule has 0 radical (unpaired) electrons. The molecule has 0 aliphatic rings. The van der Waals surface area contributed by atoms with Gasteiger partial charge in [-0.15, -0.1) is 0 Å². The molecule has 0 atom stereocenters. The van der Waals surface area contributed by atoms with Crippen molar-refractivity contribution in [2.24, 2.45) is 0 Å². The molecule has 4 heteroatoms. The second-order valence-corrected chi connectivity index (χ2v) is 2.45. The number of benzene rings is 1. The van der Waals surface area contributed by atoms with Crippen molar-refractivity contribution < 1.29 is 14.3 Å². The Hall–Kier alpha value is -1.58. The molecule has 0 aliphatic heterocycles. The first kappa shape index (κ1) is 8.52. The lowest BCUT2D eigenvalue weighted by Gasteiger charge is -2.01. The highest BCUT2D eigenvalue weighted by Crippen LogP contribution is 2.12. The molecule has 0 heterocycles. The molecule has 0 aromatic heterocycles. The van der Waals surface area contributed by atoms with Crippen LogP contribution >= 0.6 is 0 Å². The van der Waals surface area contributed by atoms with Crippen LogP contribution in [-0.4, -0.2) is 11.2 Å². The van der Waals surface area contributed by atoms with E-state index in [1.807, 2.05) is 0 Å². The Balaban J connectivity index is 2.93. The van der Waals surface area contributed by atoms with Gasteiger partial charge in [0.05, 0.1) is 0 Å². The van der Waals surface area contributed by atoms with Gasteiger partial charge in [-0.1, -0.05) is 0 Å². The third kappa shape index (κ3) is 2.23. The number of aryl methyl sites for hydroxylation is 1. The second kappa shape index (κ2) is 3.21. The van der Waals surface area contributed by atoms with Gasteiger partial charge < -0.3 is 5.11 Å². The van der Waals surface area contributed by atoms with Crippen molar-refractivity contribution in [1.82, 2.24) is 0 Å². The summed E-state index contributed by atoms with van der Waals surface area (Å²) < 4.78 is 12.6. The van der Waals surface area contributed by atoms with Gasteiger partial charge in [-0.2, -0.15) is 0 Å². The van der Waals surface area contributed by atoms with Gasteiger partial charge in [-0.25, -0.2) is 9.18 Å². The van der Waals surface area contributed by atoms with Crippen molar-refractivity contribution in [3.63, 3.8) is 0 Å². The largest absolute Gasteiger partial charge is 0.465 e. The number of nitrogens with one attached hydrogen (secondary N) is 1. The first-order valence-corrected chi connectivity index (χ1v) is 3.35. The van der Waals surface area contributed by atoms with Crippen molar-refractivity contribution in [2.75, 3.05) is 5.32 Å². The number of rotatable bonds is 1. The molecule has 0 fully saturated rings. The predicted octanol–water partition coefficient (Wildman–Crippen LogP) is 2.22. The molecule has 0 bridgehead atoms. The van der Waals surface area contributed by atoms with Gasteiger partial charge in [0.25, 0.3) is 0 Å². The van der Waals surface area contributed by atoms with Crippen LogP contribution in [0, 0.1) is 12.7 Å². The summed E-state index contributed by atoms with van der Waals surface area (Å²) in [5.41, 5.74) is 0.929. The van der Waals surface area contributed by atoms with Crippen molar-refractivity contribution in [2.45, 2.75) is 6.92 Å². The molecule has 0 unspecified atom stereocenters. The fraction of sp³-hybridized carbons (Fsp3) is 0.125. The van der Waals surface area contributed by atoms with E-state index in [-0.39, 0.29) is 5.69 Å². The van der Waals surface area contributed by atoms with Crippen LogP contribution in [0.4, 0.5) is 14.9 Å². The zero-order valence-corrected chi connectivity index (χ0v) is 6.47. The molecule has 0 spiro atoms. The Bertz CT molecular complexity index is 292. The maximum atomic E-state index is 12.6. The highest BCUT2D eigenvalue weighted by Gasteiger charge is 2.00. The molecule has 1 rings (SSSR count). The smallest absolute Gasteiger partial charge is 0.409 e. The minimum atomic E-state index is -1.19. The lowest BCUT2D eigenvalue weighted by Crippen LogP contribution is -2.07. The Labute approximate surface area is 68.8 Å². The number of halogens is 1. The topological polar surface area (TPSA) is 49.3 Å².